The lowest BCUT2D eigenvalue weighted by molar-refractivity contribution is -0.123. The topological polar surface area (TPSA) is 66.9 Å². The van der Waals surface area contributed by atoms with Gasteiger partial charge in [0.05, 0.1) is 5.75 Å². The Morgan fingerprint density at radius 3 is 2.47 bits per heavy atom. The fourth-order valence-electron chi connectivity index (χ4n) is 6.38. The zero-order valence-corrected chi connectivity index (χ0v) is 19.1. The van der Waals surface area contributed by atoms with E-state index in [4.69, 9.17) is 0 Å². The number of anilines is 1. The Morgan fingerprint density at radius 1 is 1.13 bits per heavy atom. The van der Waals surface area contributed by atoms with E-state index in [1.54, 1.807) is 0 Å². The maximum absolute atomic E-state index is 12.6. The van der Waals surface area contributed by atoms with Gasteiger partial charge in [-0.2, -0.15) is 0 Å². The van der Waals surface area contributed by atoms with Crippen LogP contribution in [0.2, 0.25) is 0 Å². The summed E-state index contributed by atoms with van der Waals surface area (Å²) in [6.07, 6.45) is 8.27. The number of carbonyl (C=O) groups excluding carboxylic acids is 1. The summed E-state index contributed by atoms with van der Waals surface area (Å²) in [5, 5.41) is 15.9. The zero-order valence-electron chi connectivity index (χ0n) is 17.5. The van der Waals surface area contributed by atoms with E-state index in [0.29, 0.717) is 11.2 Å². The van der Waals surface area contributed by atoms with Gasteiger partial charge in [-0.25, -0.2) is 0 Å². The molecule has 1 atom stereocenters. The number of aromatic nitrogens is 2. The van der Waals surface area contributed by atoms with Crippen LogP contribution in [0.1, 0.15) is 51.0 Å². The lowest BCUT2D eigenvalue weighted by Gasteiger charge is -2.59. The quantitative estimate of drug-likeness (QED) is 0.566. The second-order valence-electron chi connectivity index (χ2n) is 9.57. The molecule has 0 saturated heterocycles. The predicted molar refractivity (Wildman–Crippen MR) is 123 cm³/mol. The highest BCUT2D eigenvalue weighted by Gasteiger charge is 2.53. The summed E-state index contributed by atoms with van der Waals surface area (Å²) in [5.41, 5.74) is 1.56. The van der Waals surface area contributed by atoms with Gasteiger partial charge in [0.25, 0.3) is 0 Å². The van der Waals surface area contributed by atoms with Crippen LogP contribution in [0, 0.1) is 23.2 Å². The van der Waals surface area contributed by atoms with E-state index in [0.717, 1.165) is 33.8 Å². The first-order valence-electron chi connectivity index (χ1n) is 11.1. The first-order valence-corrected chi connectivity index (χ1v) is 12.9. The van der Waals surface area contributed by atoms with Crippen molar-refractivity contribution in [1.29, 1.82) is 0 Å². The number of thioether (sulfide) groups is 1. The summed E-state index contributed by atoms with van der Waals surface area (Å²) >= 11 is 2.99. The van der Waals surface area contributed by atoms with E-state index in [9.17, 15) is 4.79 Å². The number of carbonyl (C=O) groups is 1. The highest BCUT2D eigenvalue weighted by molar-refractivity contribution is 8.01. The lowest BCUT2D eigenvalue weighted by atomic mass is 9.48. The molecule has 0 unspecified atom stereocenters. The van der Waals surface area contributed by atoms with E-state index in [2.05, 4.69) is 39.9 Å². The van der Waals surface area contributed by atoms with Gasteiger partial charge in [-0.15, -0.1) is 10.2 Å². The van der Waals surface area contributed by atoms with Crippen LogP contribution in [0.4, 0.5) is 5.13 Å². The Hall–Kier alpha value is -1.60. The molecule has 6 rings (SSSR count). The molecule has 4 aliphatic carbocycles. The molecule has 4 saturated carbocycles. The summed E-state index contributed by atoms with van der Waals surface area (Å²) in [7, 11) is 0. The van der Waals surface area contributed by atoms with Crippen LogP contribution in [0.5, 0.6) is 0 Å². The molecule has 1 aromatic carbocycles. The SMILES string of the molecule is C[C@@H](NC(=O)CSc1nnc(NCc2ccccc2)s1)C12CC3CC(CC(C3)C1)C2. The molecule has 2 aromatic rings. The maximum atomic E-state index is 12.6. The van der Waals surface area contributed by atoms with Gasteiger partial charge in [-0.1, -0.05) is 53.4 Å². The van der Waals surface area contributed by atoms with Gasteiger partial charge < -0.3 is 10.6 Å². The highest BCUT2D eigenvalue weighted by atomic mass is 32.2. The molecule has 0 aliphatic heterocycles. The Morgan fingerprint density at radius 2 is 1.80 bits per heavy atom. The molecular formula is C23H30N4OS2. The van der Waals surface area contributed by atoms with Crippen LogP contribution in [-0.2, 0) is 11.3 Å². The molecular weight excluding hydrogens is 412 g/mol. The van der Waals surface area contributed by atoms with E-state index < -0.39 is 0 Å². The second-order valence-corrected chi connectivity index (χ2v) is 11.8. The summed E-state index contributed by atoms with van der Waals surface area (Å²) in [4.78, 5) is 12.6. The molecule has 0 radical (unpaired) electrons. The smallest absolute Gasteiger partial charge is 0.230 e. The van der Waals surface area contributed by atoms with Crippen molar-refractivity contribution in [2.24, 2.45) is 23.2 Å². The van der Waals surface area contributed by atoms with Crippen molar-refractivity contribution in [1.82, 2.24) is 15.5 Å². The maximum Gasteiger partial charge on any atom is 0.230 e. The van der Waals surface area contributed by atoms with Crippen molar-refractivity contribution in [3.8, 4) is 0 Å². The van der Waals surface area contributed by atoms with Crippen LogP contribution in [-0.4, -0.2) is 27.9 Å². The molecule has 0 spiro atoms. The van der Waals surface area contributed by atoms with Crippen LogP contribution in [0.25, 0.3) is 0 Å². The molecule has 4 bridgehead atoms. The molecule has 1 amide bonds. The molecule has 30 heavy (non-hydrogen) atoms. The lowest BCUT2D eigenvalue weighted by Crippen LogP contribution is -2.56. The predicted octanol–water partition coefficient (Wildman–Crippen LogP) is 4.96. The summed E-state index contributed by atoms with van der Waals surface area (Å²) in [6, 6.07) is 10.5. The minimum absolute atomic E-state index is 0.122. The Kier molecular flexibility index (Phi) is 5.75. The first kappa shape index (κ1) is 20.3. The first-order chi connectivity index (χ1) is 14.6. The molecule has 4 aliphatic rings. The standard InChI is InChI=1S/C23H30N4OS2/c1-15(23-10-17-7-18(11-23)9-19(8-17)12-23)25-20(28)14-29-22-27-26-21(30-22)24-13-16-5-3-2-4-6-16/h2-6,15,17-19H,7-14H2,1H3,(H,24,26)(H,25,28)/t15-,17?,18?,19?,23?/m1/s1. The van der Waals surface area contributed by atoms with Gasteiger partial charge in [-0.05, 0) is 74.2 Å². The number of hydrogen-bond acceptors (Lipinski definition) is 6. The van der Waals surface area contributed by atoms with Crippen molar-refractivity contribution >= 4 is 34.1 Å². The van der Waals surface area contributed by atoms with E-state index in [-0.39, 0.29) is 11.9 Å². The van der Waals surface area contributed by atoms with Gasteiger partial charge in [0.2, 0.25) is 11.0 Å². The average molecular weight is 443 g/mol. The van der Waals surface area contributed by atoms with Crippen molar-refractivity contribution in [2.45, 2.75) is 62.4 Å². The number of hydrogen-bond donors (Lipinski definition) is 2. The monoisotopic (exact) mass is 442 g/mol. The minimum atomic E-state index is 0.122. The van der Waals surface area contributed by atoms with Crippen molar-refractivity contribution in [3.63, 3.8) is 0 Å². The Bertz CT molecular complexity index is 849. The van der Waals surface area contributed by atoms with E-state index in [1.807, 2.05) is 18.2 Å². The summed E-state index contributed by atoms with van der Waals surface area (Å²) in [6.45, 7) is 2.97. The zero-order chi connectivity index (χ0) is 20.6. The number of nitrogens with zero attached hydrogens (tertiary/aromatic N) is 2. The fourth-order valence-corrected chi connectivity index (χ4v) is 7.94. The molecule has 2 N–H and O–H groups in total. The van der Waals surface area contributed by atoms with Crippen LogP contribution >= 0.6 is 23.1 Å². The van der Waals surface area contributed by atoms with Crippen LogP contribution < -0.4 is 10.6 Å². The third-order valence-electron chi connectivity index (χ3n) is 7.40. The fraction of sp³-hybridized carbons (Fsp3) is 0.609. The average Bonchev–Trinajstić information content (AvgIpc) is 3.18. The molecule has 7 heteroatoms. The van der Waals surface area contributed by atoms with Gasteiger partial charge in [0, 0.05) is 12.6 Å². The van der Waals surface area contributed by atoms with Gasteiger partial charge >= 0.3 is 0 Å². The van der Waals surface area contributed by atoms with Crippen molar-refractivity contribution in [3.05, 3.63) is 35.9 Å². The van der Waals surface area contributed by atoms with Gasteiger partial charge in [0.1, 0.15) is 0 Å². The van der Waals surface area contributed by atoms with E-state index in [1.165, 1.54) is 67.2 Å². The van der Waals surface area contributed by atoms with Crippen LogP contribution in [0.15, 0.2) is 34.7 Å². The second kappa shape index (κ2) is 8.50. The minimum Gasteiger partial charge on any atom is -0.356 e. The normalized spacial score (nSPS) is 30.2. The van der Waals surface area contributed by atoms with Gasteiger partial charge in [-0.3, -0.25) is 4.79 Å². The van der Waals surface area contributed by atoms with E-state index >= 15 is 0 Å². The number of amides is 1. The third-order valence-corrected chi connectivity index (χ3v) is 9.42. The summed E-state index contributed by atoms with van der Waals surface area (Å²) < 4.78 is 0.836. The molecule has 1 aromatic heterocycles. The van der Waals surface area contributed by atoms with Gasteiger partial charge in [0.15, 0.2) is 4.34 Å². The molecule has 5 nitrogen and oxygen atoms in total. The highest BCUT2D eigenvalue weighted by Crippen LogP contribution is 2.61. The molecule has 1 heterocycles. The van der Waals surface area contributed by atoms with Crippen LogP contribution in [0.3, 0.4) is 0 Å². The number of nitrogens with one attached hydrogen (secondary N) is 2. The van der Waals surface area contributed by atoms with Crippen molar-refractivity contribution in [2.75, 3.05) is 11.1 Å². The largest absolute Gasteiger partial charge is 0.356 e. The third kappa shape index (κ3) is 4.37. The number of benzene rings is 1. The molecule has 160 valence electrons. The van der Waals surface area contributed by atoms with Crippen molar-refractivity contribution < 1.29 is 4.79 Å². The number of rotatable bonds is 8. The summed E-state index contributed by atoms with van der Waals surface area (Å²) in [5.74, 6) is 3.26. The molecule has 4 fully saturated rings. The Labute approximate surface area is 186 Å². The Balaban J connectivity index is 1.10.